The highest BCUT2D eigenvalue weighted by molar-refractivity contribution is 7.15. The van der Waals surface area contributed by atoms with Crippen molar-refractivity contribution >= 4 is 57.2 Å². The van der Waals surface area contributed by atoms with Gasteiger partial charge in [0.15, 0.2) is 5.82 Å². The number of nitrogens with zero attached hydrogens (tertiary/aromatic N) is 3. The van der Waals surface area contributed by atoms with Gasteiger partial charge in [-0.2, -0.15) is 9.50 Å². The van der Waals surface area contributed by atoms with Crippen LogP contribution in [0.15, 0.2) is 47.3 Å². The Kier molecular flexibility index (Phi) is 4.25. The van der Waals surface area contributed by atoms with E-state index in [1.807, 2.05) is 12.1 Å². The van der Waals surface area contributed by atoms with Crippen molar-refractivity contribution in [3.05, 3.63) is 78.0 Å². The van der Waals surface area contributed by atoms with Crippen molar-refractivity contribution in [2.75, 3.05) is 0 Å². The molecule has 0 fully saturated rings. The fourth-order valence-electron chi connectivity index (χ4n) is 2.36. The average Bonchev–Trinajstić information content (AvgIpc) is 3.11. The Hall–Kier alpha value is -1.92. The van der Waals surface area contributed by atoms with E-state index in [9.17, 15) is 4.79 Å². The summed E-state index contributed by atoms with van der Waals surface area (Å²) in [5.74, 6) is 0.452. The summed E-state index contributed by atoms with van der Waals surface area (Å²) >= 11 is 19.5. The van der Waals surface area contributed by atoms with Crippen molar-refractivity contribution < 1.29 is 0 Å². The van der Waals surface area contributed by atoms with Crippen molar-refractivity contribution in [1.29, 1.82) is 0 Å². The van der Waals surface area contributed by atoms with E-state index in [1.165, 1.54) is 15.9 Å². The minimum absolute atomic E-state index is 0.267. The van der Waals surface area contributed by atoms with Crippen molar-refractivity contribution in [2.24, 2.45) is 0 Å². The molecule has 2 aromatic heterocycles. The third-order valence-electron chi connectivity index (χ3n) is 3.54. The van der Waals surface area contributed by atoms with Gasteiger partial charge in [0.2, 0.25) is 4.96 Å². The molecule has 0 spiro atoms. The minimum atomic E-state index is -0.267. The van der Waals surface area contributed by atoms with Crippen LogP contribution in [0.2, 0.25) is 15.1 Å². The van der Waals surface area contributed by atoms with Crippen molar-refractivity contribution in [1.82, 2.24) is 14.6 Å². The van der Waals surface area contributed by atoms with E-state index < -0.39 is 0 Å². The highest BCUT2D eigenvalue weighted by Gasteiger charge is 2.13. The fraction of sp³-hybridized carbons (Fsp3) is 0. The largest absolute Gasteiger partial charge is 0.291 e. The van der Waals surface area contributed by atoms with Gasteiger partial charge in [-0.05, 0) is 30.3 Å². The van der Waals surface area contributed by atoms with E-state index >= 15 is 0 Å². The van der Waals surface area contributed by atoms with Crippen LogP contribution in [-0.4, -0.2) is 14.6 Å². The van der Waals surface area contributed by atoms with Gasteiger partial charge in [-0.1, -0.05) is 64.3 Å². The van der Waals surface area contributed by atoms with Crippen molar-refractivity contribution in [2.45, 2.75) is 0 Å². The van der Waals surface area contributed by atoms with Crippen LogP contribution in [0.4, 0.5) is 0 Å². The number of hydrogen-bond donors (Lipinski definition) is 0. The van der Waals surface area contributed by atoms with Gasteiger partial charge >= 0.3 is 0 Å². The summed E-state index contributed by atoms with van der Waals surface area (Å²) in [5.41, 5.74) is 1.08. The van der Waals surface area contributed by atoms with Crippen LogP contribution in [-0.2, 0) is 0 Å². The summed E-state index contributed by atoms with van der Waals surface area (Å²) in [6.45, 7) is 0. The first-order chi connectivity index (χ1) is 12.0. The number of aromatic nitrogens is 3. The van der Waals surface area contributed by atoms with E-state index in [-0.39, 0.29) is 5.56 Å². The Labute approximate surface area is 160 Å². The maximum absolute atomic E-state index is 12.6. The summed E-state index contributed by atoms with van der Waals surface area (Å²) < 4.78 is 1.74. The molecule has 8 heteroatoms. The first-order valence-corrected chi connectivity index (χ1v) is 9.09. The number of hydrogen-bond acceptors (Lipinski definition) is 4. The Morgan fingerprint density at radius 1 is 1.04 bits per heavy atom. The van der Waals surface area contributed by atoms with Crippen molar-refractivity contribution in [3.8, 4) is 11.4 Å². The monoisotopic (exact) mass is 407 g/mol. The molecule has 0 saturated carbocycles. The third kappa shape index (κ3) is 3.04. The summed E-state index contributed by atoms with van der Waals surface area (Å²) in [7, 11) is 0. The molecule has 0 N–H and O–H groups in total. The second kappa shape index (κ2) is 6.42. The maximum atomic E-state index is 12.6. The second-order valence-electron chi connectivity index (χ2n) is 5.19. The quantitative estimate of drug-likeness (QED) is 0.496. The molecule has 0 saturated heterocycles. The summed E-state index contributed by atoms with van der Waals surface area (Å²) in [4.78, 5) is 17.5. The Balaban J connectivity index is 1.87. The van der Waals surface area contributed by atoms with Crippen molar-refractivity contribution in [3.63, 3.8) is 0 Å². The first-order valence-electron chi connectivity index (χ1n) is 7.14. The number of fused-ring (bicyclic) bond motifs is 1. The number of rotatable bonds is 2. The number of benzene rings is 2. The van der Waals surface area contributed by atoms with E-state index in [2.05, 4.69) is 10.1 Å². The summed E-state index contributed by atoms with van der Waals surface area (Å²) in [6, 6.07) is 12.4. The fourth-order valence-corrected chi connectivity index (χ4v) is 3.95. The Morgan fingerprint density at radius 2 is 1.76 bits per heavy atom. The molecule has 0 amide bonds. The summed E-state index contributed by atoms with van der Waals surface area (Å²) in [6.07, 6.45) is 1.66. The topological polar surface area (TPSA) is 47.3 Å². The van der Waals surface area contributed by atoms with Crippen LogP contribution >= 0.6 is 46.1 Å². The van der Waals surface area contributed by atoms with Crippen LogP contribution in [0.25, 0.3) is 22.4 Å². The van der Waals surface area contributed by atoms with Crippen LogP contribution in [0.5, 0.6) is 0 Å². The van der Waals surface area contributed by atoms with Crippen LogP contribution in [0.1, 0.15) is 5.56 Å². The molecule has 0 aliphatic heterocycles. The van der Waals surface area contributed by atoms with Crippen LogP contribution < -0.4 is 10.1 Å². The molecule has 124 valence electrons. The first kappa shape index (κ1) is 16.5. The van der Waals surface area contributed by atoms with E-state index in [4.69, 9.17) is 34.8 Å². The normalized spacial score (nSPS) is 12.2. The molecule has 2 heterocycles. The van der Waals surface area contributed by atoms with Gasteiger partial charge in [0, 0.05) is 26.2 Å². The molecule has 4 aromatic rings. The average molecular weight is 409 g/mol. The molecule has 25 heavy (non-hydrogen) atoms. The van der Waals surface area contributed by atoms with Crippen LogP contribution in [0.3, 0.4) is 0 Å². The minimum Gasteiger partial charge on any atom is -0.266 e. The molecule has 4 nitrogen and oxygen atoms in total. The zero-order valence-electron chi connectivity index (χ0n) is 12.4. The predicted molar refractivity (Wildman–Crippen MR) is 103 cm³/mol. The summed E-state index contributed by atoms with van der Waals surface area (Å²) in [5, 5.41) is 5.83. The predicted octanol–water partition coefficient (Wildman–Crippen LogP) is 4.33. The van der Waals surface area contributed by atoms with Gasteiger partial charge in [0.1, 0.15) is 0 Å². The van der Waals surface area contributed by atoms with E-state index in [0.29, 0.717) is 35.9 Å². The van der Waals surface area contributed by atoms with Gasteiger partial charge in [0.05, 0.1) is 4.53 Å². The lowest BCUT2D eigenvalue weighted by atomic mass is 10.2. The second-order valence-corrected chi connectivity index (χ2v) is 7.45. The number of thiazole rings is 1. The lowest BCUT2D eigenvalue weighted by Gasteiger charge is -1.99. The van der Waals surface area contributed by atoms with E-state index in [0.717, 1.165) is 5.56 Å². The highest BCUT2D eigenvalue weighted by atomic mass is 35.5. The standard InChI is InChI=1S/C17H8Cl3N3OS/c18-10-4-1-3-9(7-10)15-21-17-23(22-15)16(24)14(25-17)8-11-12(19)5-2-6-13(11)20/h1-8H. The lowest BCUT2D eigenvalue weighted by molar-refractivity contribution is 0.937. The molecule has 0 bridgehead atoms. The molecular weight excluding hydrogens is 401 g/mol. The zero-order chi connectivity index (χ0) is 17.6. The molecule has 0 unspecified atom stereocenters. The van der Waals surface area contributed by atoms with Crippen LogP contribution in [0, 0.1) is 0 Å². The third-order valence-corrected chi connectivity index (χ3v) is 5.39. The van der Waals surface area contributed by atoms with E-state index in [1.54, 1.807) is 36.4 Å². The molecular formula is C17H8Cl3N3OS. The molecule has 0 radical (unpaired) electrons. The zero-order valence-corrected chi connectivity index (χ0v) is 15.5. The van der Waals surface area contributed by atoms with Gasteiger partial charge in [-0.25, -0.2) is 0 Å². The molecule has 0 atom stereocenters. The molecule has 2 aromatic carbocycles. The highest BCUT2D eigenvalue weighted by Crippen LogP contribution is 2.25. The maximum Gasteiger partial charge on any atom is 0.291 e. The molecule has 0 aliphatic carbocycles. The number of halogens is 3. The SMILES string of the molecule is O=c1c(=Cc2c(Cl)cccc2Cl)sc2nc(-c3cccc(Cl)c3)nn12. The van der Waals surface area contributed by atoms with Gasteiger partial charge < -0.3 is 0 Å². The molecule has 0 aliphatic rings. The molecule has 4 rings (SSSR count). The van der Waals surface area contributed by atoms with Gasteiger partial charge in [-0.3, -0.25) is 4.79 Å². The Morgan fingerprint density at radius 3 is 2.44 bits per heavy atom. The smallest absolute Gasteiger partial charge is 0.266 e. The lowest BCUT2D eigenvalue weighted by Crippen LogP contribution is -2.23. The van der Waals surface area contributed by atoms with Gasteiger partial charge in [-0.15, -0.1) is 5.10 Å². The van der Waals surface area contributed by atoms with Gasteiger partial charge in [0.25, 0.3) is 5.56 Å². The Bertz CT molecular complexity index is 1200.